The number of benzene rings is 1. The van der Waals surface area contributed by atoms with Crippen LogP contribution in [0.25, 0.3) is 0 Å². The van der Waals surface area contributed by atoms with Crippen LogP contribution in [0.15, 0.2) is 24.3 Å². The molecule has 2 nitrogen and oxygen atoms in total. The van der Waals surface area contributed by atoms with E-state index in [1.807, 2.05) is 0 Å². The lowest BCUT2D eigenvalue weighted by Crippen LogP contribution is -2.50. The van der Waals surface area contributed by atoms with Crippen molar-refractivity contribution in [2.24, 2.45) is 5.73 Å². The molecule has 96 valence electrons. The van der Waals surface area contributed by atoms with Gasteiger partial charge in [0.25, 0.3) is 0 Å². The Balaban J connectivity index is 2.80. The molecule has 0 heterocycles. The van der Waals surface area contributed by atoms with Gasteiger partial charge < -0.3 is 10.5 Å². The highest BCUT2D eigenvalue weighted by molar-refractivity contribution is 5.23. The van der Waals surface area contributed by atoms with Gasteiger partial charge in [-0.25, -0.2) is 0 Å². The first-order valence-corrected chi connectivity index (χ1v) is 6.44. The van der Waals surface area contributed by atoms with Crippen LogP contribution in [0, 0.1) is 6.92 Å². The van der Waals surface area contributed by atoms with Crippen LogP contribution >= 0.6 is 0 Å². The summed E-state index contributed by atoms with van der Waals surface area (Å²) in [6.07, 6.45) is 2.77. The Morgan fingerprint density at radius 3 is 2.41 bits per heavy atom. The Hall–Kier alpha value is -0.860. The Morgan fingerprint density at radius 1 is 1.29 bits per heavy atom. The molecule has 17 heavy (non-hydrogen) atoms. The van der Waals surface area contributed by atoms with Gasteiger partial charge in [0, 0.05) is 13.2 Å². The Morgan fingerprint density at radius 2 is 1.94 bits per heavy atom. The summed E-state index contributed by atoms with van der Waals surface area (Å²) in [6, 6.07) is 8.58. The van der Waals surface area contributed by atoms with E-state index in [1.165, 1.54) is 11.1 Å². The lowest BCUT2D eigenvalue weighted by Gasteiger charge is -2.36. The van der Waals surface area contributed by atoms with Crippen LogP contribution in [0.5, 0.6) is 0 Å². The molecular weight excluding hydrogens is 210 g/mol. The van der Waals surface area contributed by atoms with Crippen LogP contribution in [0.1, 0.15) is 37.8 Å². The fourth-order valence-corrected chi connectivity index (χ4v) is 2.49. The minimum atomic E-state index is -0.191. The van der Waals surface area contributed by atoms with Crippen molar-refractivity contribution in [2.75, 3.05) is 7.11 Å². The van der Waals surface area contributed by atoms with Crippen molar-refractivity contribution in [1.82, 2.24) is 0 Å². The van der Waals surface area contributed by atoms with Crippen LogP contribution < -0.4 is 5.73 Å². The summed E-state index contributed by atoms with van der Waals surface area (Å²) in [7, 11) is 1.77. The minimum absolute atomic E-state index is 0.0456. The molecule has 0 fully saturated rings. The summed E-state index contributed by atoms with van der Waals surface area (Å²) in [5.41, 5.74) is 8.73. The molecule has 0 amide bonds. The van der Waals surface area contributed by atoms with E-state index in [1.54, 1.807) is 7.11 Å². The summed E-state index contributed by atoms with van der Waals surface area (Å²) in [4.78, 5) is 0. The third-order valence-corrected chi connectivity index (χ3v) is 3.82. The standard InChI is InChI=1S/C15H25NO/c1-5-15(6-2,17-4)14(16)11-13-9-7-8-12(3)10-13/h7-10,14H,5-6,11,16H2,1-4H3. The third kappa shape index (κ3) is 3.30. The highest BCUT2D eigenvalue weighted by atomic mass is 16.5. The van der Waals surface area contributed by atoms with E-state index in [4.69, 9.17) is 10.5 Å². The molecule has 1 unspecified atom stereocenters. The van der Waals surface area contributed by atoms with Gasteiger partial charge in [0.1, 0.15) is 0 Å². The largest absolute Gasteiger partial charge is 0.377 e. The van der Waals surface area contributed by atoms with E-state index >= 15 is 0 Å². The molecule has 1 rings (SSSR count). The lowest BCUT2D eigenvalue weighted by atomic mass is 9.85. The second-order valence-electron chi connectivity index (χ2n) is 4.78. The van der Waals surface area contributed by atoms with E-state index < -0.39 is 0 Å². The molecule has 2 N–H and O–H groups in total. The monoisotopic (exact) mass is 235 g/mol. The van der Waals surface area contributed by atoms with E-state index in [0.29, 0.717) is 0 Å². The predicted molar refractivity (Wildman–Crippen MR) is 73.2 cm³/mol. The predicted octanol–water partition coefficient (Wildman–Crippen LogP) is 3.07. The Labute approximate surface area is 105 Å². The highest BCUT2D eigenvalue weighted by Crippen LogP contribution is 2.25. The average Bonchev–Trinajstić information content (AvgIpc) is 2.32. The van der Waals surface area contributed by atoms with Crippen molar-refractivity contribution in [3.05, 3.63) is 35.4 Å². The SMILES string of the molecule is CCC(CC)(OC)C(N)Cc1cccc(C)c1. The van der Waals surface area contributed by atoms with Gasteiger partial charge in [-0.05, 0) is 31.7 Å². The molecule has 0 aromatic heterocycles. The summed E-state index contributed by atoms with van der Waals surface area (Å²) >= 11 is 0. The van der Waals surface area contributed by atoms with E-state index in [-0.39, 0.29) is 11.6 Å². The second-order valence-corrected chi connectivity index (χ2v) is 4.78. The molecule has 0 aliphatic heterocycles. The first-order chi connectivity index (χ1) is 8.07. The summed E-state index contributed by atoms with van der Waals surface area (Å²) in [5, 5.41) is 0. The molecule has 0 saturated carbocycles. The van der Waals surface area contributed by atoms with Crippen molar-refractivity contribution in [3.63, 3.8) is 0 Å². The summed E-state index contributed by atoms with van der Waals surface area (Å²) in [6.45, 7) is 6.39. The number of rotatable bonds is 6. The molecule has 0 bridgehead atoms. The topological polar surface area (TPSA) is 35.2 Å². The molecule has 1 aromatic carbocycles. The number of ether oxygens (including phenoxy) is 1. The molecule has 0 aliphatic carbocycles. The number of methoxy groups -OCH3 is 1. The molecular formula is C15H25NO. The smallest absolute Gasteiger partial charge is 0.0826 e. The summed E-state index contributed by atoms with van der Waals surface area (Å²) < 4.78 is 5.68. The molecule has 0 saturated heterocycles. The van der Waals surface area contributed by atoms with Crippen LogP contribution in [0.2, 0.25) is 0 Å². The van der Waals surface area contributed by atoms with E-state index in [2.05, 4.69) is 45.0 Å². The van der Waals surface area contributed by atoms with Gasteiger partial charge in [-0.1, -0.05) is 43.7 Å². The number of hydrogen-bond acceptors (Lipinski definition) is 2. The zero-order valence-electron chi connectivity index (χ0n) is 11.5. The molecule has 1 aromatic rings. The minimum Gasteiger partial charge on any atom is -0.377 e. The maximum atomic E-state index is 6.34. The van der Waals surface area contributed by atoms with Gasteiger partial charge >= 0.3 is 0 Å². The first kappa shape index (κ1) is 14.2. The van der Waals surface area contributed by atoms with Crippen molar-refractivity contribution >= 4 is 0 Å². The normalized spacial score (nSPS) is 13.7. The van der Waals surface area contributed by atoms with Gasteiger partial charge in [-0.2, -0.15) is 0 Å². The molecule has 0 spiro atoms. The maximum Gasteiger partial charge on any atom is 0.0826 e. The van der Waals surface area contributed by atoms with Crippen LogP contribution in [-0.4, -0.2) is 18.8 Å². The van der Waals surface area contributed by atoms with Gasteiger partial charge in [0.2, 0.25) is 0 Å². The van der Waals surface area contributed by atoms with Crippen molar-refractivity contribution in [3.8, 4) is 0 Å². The Bertz CT molecular complexity index is 336. The molecule has 0 aliphatic rings. The number of aryl methyl sites for hydroxylation is 1. The zero-order chi connectivity index (χ0) is 12.9. The zero-order valence-corrected chi connectivity index (χ0v) is 11.5. The maximum absolute atomic E-state index is 6.34. The molecule has 0 radical (unpaired) electrons. The molecule has 2 heteroatoms. The van der Waals surface area contributed by atoms with Gasteiger partial charge in [-0.15, -0.1) is 0 Å². The Kier molecular flexibility index (Phi) is 5.16. The quantitative estimate of drug-likeness (QED) is 0.822. The highest BCUT2D eigenvalue weighted by Gasteiger charge is 2.33. The average molecular weight is 235 g/mol. The van der Waals surface area contributed by atoms with Crippen LogP contribution in [0.4, 0.5) is 0 Å². The summed E-state index contributed by atoms with van der Waals surface area (Å²) in [5.74, 6) is 0. The molecule has 1 atom stereocenters. The van der Waals surface area contributed by atoms with Crippen molar-refractivity contribution < 1.29 is 4.74 Å². The second kappa shape index (κ2) is 6.18. The van der Waals surface area contributed by atoms with E-state index in [9.17, 15) is 0 Å². The van der Waals surface area contributed by atoms with Gasteiger partial charge in [0.15, 0.2) is 0 Å². The van der Waals surface area contributed by atoms with Crippen molar-refractivity contribution in [1.29, 1.82) is 0 Å². The van der Waals surface area contributed by atoms with Crippen LogP contribution in [-0.2, 0) is 11.2 Å². The first-order valence-electron chi connectivity index (χ1n) is 6.44. The fraction of sp³-hybridized carbons (Fsp3) is 0.600. The lowest BCUT2D eigenvalue weighted by molar-refractivity contribution is -0.0374. The third-order valence-electron chi connectivity index (χ3n) is 3.82. The van der Waals surface area contributed by atoms with Crippen molar-refractivity contribution in [2.45, 2.75) is 51.7 Å². The van der Waals surface area contributed by atoms with Crippen LogP contribution in [0.3, 0.4) is 0 Å². The van der Waals surface area contributed by atoms with Gasteiger partial charge in [0.05, 0.1) is 5.60 Å². The van der Waals surface area contributed by atoms with Gasteiger partial charge in [-0.3, -0.25) is 0 Å². The number of nitrogens with two attached hydrogens (primary N) is 1. The fourth-order valence-electron chi connectivity index (χ4n) is 2.49. The van der Waals surface area contributed by atoms with E-state index in [0.717, 1.165) is 19.3 Å². The number of hydrogen-bond donors (Lipinski definition) is 1.